The van der Waals surface area contributed by atoms with Crippen molar-refractivity contribution in [1.29, 1.82) is 0 Å². The molecule has 0 heterocycles. The van der Waals surface area contributed by atoms with E-state index < -0.39 is 17.9 Å². The zero-order valence-electron chi connectivity index (χ0n) is 15.4. The summed E-state index contributed by atoms with van der Waals surface area (Å²) in [7, 11) is 0. The van der Waals surface area contributed by atoms with Crippen LogP contribution in [0.4, 0.5) is 0 Å². The maximum atomic E-state index is 12.5. The first-order valence-electron chi connectivity index (χ1n) is 8.45. The molecule has 1 aromatic rings. The minimum Gasteiger partial charge on any atom is -0.490 e. The smallest absolute Gasteiger partial charge is 0.326 e. The molecule has 0 aromatic heterocycles. The largest absolute Gasteiger partial charge is 0.490 e. The highest BCUT2D eigenvalue weighted by molar-refractivity contribution is 5.97. The van der Waals surface area contributed by atoms with Crippen LogP contribution < -0.4 is 19.5 Å². The Balaban J connectivity index is 3.25. The Morgan fingerprint density at radius 1 is 1.00 bits per heavy atom. The Kier molecular flexibility index (Phi) is 8.04. The van der Waals surface area contributed by atoms with Crippen LogP contribution in [-0.2, 0) is 4.79 Å². The fourth-order valence-corrected chi connectivity index (χ4v) is 2.26. The van der Waals surface area contributed by atoms with Crippen LogP contribution in [-0.4, -0.2) is 42.8 Å². The Morgan fingerprint density at radius 3 is 1.84 bits per heavy atom. The summed E-state index contributed by atoms with van der Waals surface area (Å²) in [6, 6.07) is 2.09. The van der Waals surface area contributed by atoms with Gasteiger partial charge in [0.05, 0.1) is 19.8 Å². The quantitative estimate of drug-likeness (QED) is 0.672. The second-order valence-corrected chi connectivity index (χ2v) is 5.63. The highest BCUT2D eigenvalue weighted by Gasteiger charge is 2.25. The second kappa shape index (κ2) is 9.76. The molecule has 2 N–H and O–H groups in total. The van der Waals surface area contributed by atoms with Crippen molar-refractivity contribution in [2.75, 3.05) is 19.8 Å². The first-order chi connectivity index (χ1) is 11.8. The zero-order chi connectivity index (χ0) is 19.0. The van der Waals surface area contributed by atoms with E-state index in [0.29, 0.717) is 37.1 Å². The van der Waals surface area contributed by atoms with Gasteiger partial charge >= 0.3 is 5.97 Å². The van der Waals surface area contributed by atoms with Crippen LogP contribution in [0.3, 0.4) is 0 Å². The lowest BCUT2D eigenvalue weighted by Gasteiger charge is -2.20. The number of ether oxygens (including phenoxy) is 3. The summed E-state index contributed by atoms with van der Waals surface area (Å²) in [5.74, 6) is -0.632. The van der Waals surface area contributed by atoms with Crippen LogP contribution in [0.2, 0.25) is 0 Å². The van der Waals surface area contributed by atoms with Crippen LogP contribution >= 0.6 is 0 Å². The molecule has 1 atom stereocenters. The molecule has 1 rings (SSSR count). The highest BCUT2D eigenvalue weighted by Crippen LogP contribution is 2.39. The number of carboxylic acids is 1. The summed E-state index contributed by atoms with van der Waals surface area (Å²) < 4.78 is 16.7. The average molecular weight is 353 g/mol. The first kappa shape index (κ1) is 20.6. The van der Waals surface area contributed by atoms with Crippen molar-refractivity contribution >= 4 is 11.9 Å². The summed E-state index contributed by atoms with van der Waals surface area (Å²) in [4.78, 5) is 23.8. The molecule has 25 heavy (non-hydrogen) atoms. The molecule has 0 radical (unpaired) electrons. The third-order valence-electron chi connectivity index (χ3n) is 3.39. The second-order valence-electron chi connectivity index (χ2n) is 5.63. The van der Waals surface area contributed by atoms with Crippen LogP contribution in [0.15, 0.2) is 12.1 Å². The summed E-state index contributed by atoms with van der Waals surface area (Å²) in [5, 5.41) is 11.8. The molecular weight excluding hydrogens is 326 g/mol. The van der Waals surface area contributed by atoms with E-state index in [2.05, 4.69) is 5.32 Å². The number of nitrogens with one attached hydrogen (secondary N) is 1. The van der Waals surface area contributed by atoms with E-state index in [4.69, 9.17) is 14.2 Å². The van der Waals surface area contributed by atoms with Gasteiger partial charge in [0.2, 0.25) is 5.75 Å². The summed E-state index contributed by atoms with van der Waals surface area (Å²) in [6.45, 7) is 10.1. The van der Waals surface area contributed by atoms with Gasteiger partial charge in [0.15, 0.2) is 11.5 Å². The number of carboxylic acid groups (broad SMARTS) is 1. The highest BCUT2D eigenvalue weighted by atomic mass is 16.5. The van der Waals surface area contributed by atoms with Gasteiger partial charge < -0.3 is 24.6 Å². The Bertz CT molecular complexity index is 572. The van der Waals surface area contributed by atoms with Gasteiger partial charge in [0.1, 0.15) is 6.04 Å². The minimum absolute atomic E-state index is 0.248. The fourth-order valence-electron chi connectivity index (χ4n) is 2.26. The lowest BCUT2D eigenvalue weighted by Crippen LogP contribution is -2.44. The predicted molar refractivity (Wildman–Crippen MR) is 93.7 cm³/mol. The van der Waals surface area contributed by atoms with Crippen LogP contribution in [0.5, 0.6) is 17.2 Å². The molecule has 1 aromatic carbocycles. The Hall–Kier alpha value is -2.44. The molecule has 7 nitrogen and oxygen atoms in total. The standard InChI is InChI=1S/C18H27NO6/c1-6-23-13-9-12(10-14(24-7-2)16(13)25-8-3)17(20)19-15(11(4)5)18(21)22/h9-11,15H,6-8H2,1-5H3,(H,19,20)(H,21,22)/t15-/m1/s1. The van der Waals surface area contributed by atoms with E-state index in [1.807, 2.05) is 20.8 Å². The number of amides is 1. The van der Waals surface area contributed by atoms with E-state index in [1.165, 1.54) is 12.1 Å². The van der Waals surface area contributed by atoms with Crippen molar-refractivity contribution in [2.45, 2.75) is 40.7 Å². The number of rotatable bonds is 10. The van der Waals surface area contributed by atoms with Gasteiger partial charge in [-0.25, -0.2) is 4.79 Å². The monoisotopic (exact) mass is 353 g/mol. The van der Waals surface area contributed by atoms with Crippen molar-refractivity contribution in [3.8, 4) is 17.2 Å². The third kappa shape index (κ3) is 5.55. The Morgan fingerprint density at radius 2 is 1.48 bits per heavy atom. The van der Waals surface area contributed by atoms with Crippen molar-refractivity contribution in [1.82, 2.24) is 5.32 Å². The van der Waals surface area contributed by atoms with Gasteiger partial charge in [0.25, 0.3) is 5.91 Å². The minimum atomic E-state index is -1.08. The molecule has 0 aliphatic heterocycles. The van der Waals surface area contributed by atoms with Crippen LogP contribution in [0, 0.1) is 5.92 Å². The molecule has 0 aliphatic rings. The van der Waals surface area contributed by atoms with E-state index in [0.717, 1.165) is 0 Å². The summed E-state index contributed by atoms with van der Waals surface area (Å²) in [6.07, 6.45) is 0. The average Bonchev–Trinajstić information content (AvgIpc) is 2.54. The molecule has 0 fully saturated rings. The number of hydrogen-bond acceptors (Lipinski definition) is 5. The SMILES string of the molecule is CCOc1cc(C(=O)N[C@@H](C(=O)O)C(C)C)cc(OCC)c1OCC. The number of carbonyl (C=O) groups is 2. The molecule has 0 saturated heterocycles. The van der Waals surface area contributed by atoms with Gasteiger partial charge in [0, 0.05) is 5.56 Å². The van der Waals surface area contributed by atoms with E-state index in [1.54, 1.807) is 13.8 Å². The molecular formula is C18H27NO6. The number of carbonyl (C=O) groups excluding carboxylic acids is 1. The summed E-state index contributed by atoms with van der Waals surface area (Å²) >= 11 is 0. The third-order valence-corrected chi connectivity index (χ3v) is 3.39. The van der Waals surface area contributed by atoms with E-state index in [9.17, 15) is 14.7 Å². The fraction of sp³-hybridized carbons (Fsp3) is 0.556. The number of hydrogen-bond donors (Lipinski definition) is 2. The molecule has 0 spiro atoms. The van der Waals surface area contributed by atoms with Gasteiger partial charge in [-0.1, -0.05) is 13.8 Å². The van der Waals surface area contributed by atoms with Crippen LogP contribution in [0.1, 0.15) is 45.0 Å². The van der Waals surface area contributed by atoms with Gasteiger partial charge in [-0.3, -0.25) is 4.79 Å². The first-order valence-corrected chi connectivity index (χ1v) is 8.45. The molecule has 0 unspecified atom stereocenters. The van der Waals surface area contributed by atoms with Crippen LogP contribution in [0.25, 0.3) is 0 Å². The van der Waals surface area contributed by atoms with Crippen molar-refractivity contribution in [3.05, 3.63) is 17.7 Å². The van der Waals surface area contributed by atoms with Crippen molar-refractivity contribution in [2.24, 2.45) is 5.92 Å². The maximum absolute atomic E-state index is 12.5. The topological polar surface area (TPSA) is 94.1 Å². The van der Waals surface area contributed by atoms with Crippen molar-refractivity contribution < 1.29 is 28.9 Å². The Labute approximate surface area is 148 Å². The number of benzene rings is 1. The van der Waals surface area contributed by atoms with Gasteiger partial charge in [-0.05, 0) is 38.8 Å². The zero-order valence-corrected chi connectivity index (χ0v) is 15.4. The molecule has 0 bridgehead atoms. The van der Waals surface area contributed by atoms with E-state index >= 15 is 0 Å². The maximum Gasteiger partial charge on any atom is 0.326 e. The molecule has 1 amide bonds. The van der Waals surface area contributed by atoms with E-state index in [-0.39, 0.29) is 11.5 Å². The van der Waals surface area contributed by atoms with Gasteiger partial charge in [-0.2, -0.15) is 0 Å². The normalized spacial score (nSPS) is 11.8. The predicted octanol–water partition coefficient (Wildman–Crippen LogP) is 2.72. The number of aliphatic carboxylic acids is 1. The molecule has 0 aliphatic carbocycles. The van der Waals surface area contributed by atoms with Gasteiger partial charge in [-0.15, -0.1) is 0 Å². The lowest BCUT2D eigenvalue weighted by atomic mass is 10.0. The summed E-state index contributed by atoms with van der Waals surface area (Å²) in [5.41, 5.74) is 0.252. The molecule has 140 valence electrons. The molecule has 0 saturated carbocycles. The van der Waals surface area contributed by atoms with Crippen molar-refractivity contribution in [3.63, 3.8) is 0 Å². The lowest BCUT2D eigenvalue weighted by molar-refractivity contribution is -0.140. The molecule has 7 heteroatoms.